The maximum absolute atomic E-state index is 12.7. The molecule has 3 heterocycles. The van der Waals surface area contributed by atoms with Crippen molar-refractivity contribution in [3.8, 4) is 10.4 Å². The average Bonchev–Trinajstić information content (AvgIpc) is 3.39. The number of nitrogens with one attached hydrogen (secondary N) is 1. The van der Waals surface area contributed by atoms with Crippen LogP contribution in [0.15, 0.2) is 30.5 Å². The van der Waals surface area contributed by atoms with Gasteiger partial charge in [-0.3, -0.25) is 0 Å². The molecule has 2 saturated heterocycles. The molecule has 2 aliphatic rings. The summed E-state index contributed by atoms with van der Waals surface area (Å²) in [6.07, 6.45) is 5.69. The van der Waals surface area contributed by atoms with Crippen LogP contribution in [0.5, 0.6) is 0 Å². The zero-order valence-corrected chi connectivity index (χ0v) is 17.9. The van der Waals surface area contributed by atoms with Crippen molar-refractivity contribution in [2.45, 2.75) is 32.6 Å². The third kappa shape index (κ3) is 4.40. The number of anilines is 1. The van der Waals surface area contributed by atoms with Gasteiger partial charge in [0.15, 0.2) is 5.13 Å². The van der Waals surface area contributed by atoms with Crippen molar-refractivity contribution < 1.29 is 8.42 Å². The van der Waals surface area contributed by atoms with E-state index in [1.807, 2.05) is 6.20 Å². The minimum absolute atomic E-state index is 0.483. The number of nitrogens with zero attached hydrogens (tertiary/aromatic N) is 3. The number of piperidine rings is 1. The Morgan fingerprint density at radius 3 is 2.57 bits per heavy atom. The molecular formula is C20H28N4O2S2. The van der Waals surface area contributed by atoms with E-state index in [2.05, 4.69) is 41.5 Å². The van der Waals surface area contributed by atoms with Gasteiger partial charge < -0.3 is 5.32 Å². The van der Waals surface area contributed by atoms with Crippen LogP contribution in [0.2, 0.25) is 0 Å². The molecule has 1 aromatic heterocycles. The van der Waals surface area contributed by atoms with Crippen LogP contribution in [0, 0.1) is 12.8 Å². The number of aromatic nitrogens is 1. The van der Waals surface area contributed by atoms with Gasteiger partial charge >= 0.3 is 0 Å². The molecule has 6 nitrogen and oxygen atoms in total. The van der Waals surface area contributed by atoms with Gasteiger partial charge in [0.25, 0.3) is 10.2 Å². The second-order valence-corrected chi connectivity index (χ2v) is 10.7. The summed E-state index contributed by atoms with van der Waals surface area (Å²) in [5.74, 6) is 0.483. The molecule has 0 spiro atoms. The van der Waals surface area contributed by atoms with Gasteiger partial charge in [0.2, 0.25) is 0 Å². The highest BCUT2D eigenvalue weighted by molar-refractivity contribution is 7.86. The smallest absolute Gasteiger partial charge is 0.281 e. The molecule has 2 fully saturated rings. The molecule has 0 saturated carbocycles. The fraction of sp³-hybridized carbons (Fsp3) is 0.550. The van der Waals surface area contributed by atoms with Crippen LogP contribution in [-0.2, 0) is 10.2 Å². The highest BCUT2D eigenvalue weighted by Crippen LogP contribution is 2.30. The van der Waals surface area contributed by atoms with Gasteiger partial charge in [-0.15, -0.1) is 0 Å². The molecule has 2 aromatic rings. The predicted molar refractivity (Wildman–Crippen MR) is 115 cm³/mol. The monoisotopic (exact) mass is 420 g/mol. The van der Waals surface area contributed by atoms with Crippen LogP contribution in [-0.4, -0.2) is 54.7 Å². The summed E-state index contributed by atoms with van der Waals surface area (Å²) in [4.78, 5) is 5.67. The third-order valence-corrected chi connectivity index (χ3v) is 8.68. The minimum atomic E-state index is -3.25. The Balaban J connectivity index is 1.28. The zero-order valence-electron chi connectivity index (χ0n) is 16.3. The van der Waals surface area contributed by atoms with E-state index in [-0.39, 0.29) is 0 Å². The summed E-state index contributed by atoms with van der Waals surface area (Å²) < 4.78 is 28.6. The third-order valence-electron chi connectivity index (χ3n) is 5.64. The number of thiazole rings is 1. The Kier molecular flexibility index (Phi) is 6.01. The van der Waals surface area contributed by atoms with Gasteiger partial charge in [-0.25, -0.2) is 4.98 Å². The van der Waals surface area contributed by atoms with Crippen molar-refractivity contribution in [3.63, 3.8) is 0 Å². The summed E-state index contributed by atoms with van der Waals surface area (Å²) in [6, 6.07) is 8.45. The standard InChI is InChI=1S/C20H28N4O2S2/c1-16-5-4-6-18(13-16)19-15-22-20(27-19)21-14-17-7-11-24(12-8-17)28(25,26)23-9-2-3-10-23/h4-6,13,15,17H,2-3,7-12,14H2,1H3,(H,21,22). The van der Waals surface area contributed by atoms with Crippen molar-refractivity contribution in [2.24, 2.45) is 5.92 Å². The number of benzene rings is 1. The minimum Gasteiger partial charge on any atom is -0.361 e. The number of hydrogen-bond donors (Lipinski definition) is 1. The molecule has 28 heavy (non-hydrogen) atoms. The van der Waals surface area contributed by atoms with Crippen LogP contribution in [0.4, 0.5) is 5.13 Å². The van der Waals surface area contributed by atoms with Crippen LogP contribution >= 0.6 is 11.3 Å². The molecule has 4 rings (SSSR count). The Labute approximate surface area is 171 Å². The molecule has 0 bridgehead atoms. The first-order chi connectivity index (χ1) is 13.5. The van der Waals surface area contributed by atoms with Gasteiger partial charge in [0.1, 0.15) is 0 Å². The van der Waals surface area contributed by atoms with E-state index < -0.39 is 10.2 Å². The van der Waals surface area contributed by atoms with E-state index in [1.54, 1.807) is 19.9 Å². The van der Waals surface area contributed by atoms with E-state index in [0.717, 1.165) is 42.2 Å². The summed E-state index contributed by atoms with van der Waals surface area (Å²) >= 11 is 1.67. The Morgan fingerprint density at radius 1 is 1.14 bits per heavy atom. The lowest BCUT2D eigenvalue weighted by molar-refractivity contribution is 0.266. The van der Waals surface area contributed by atoms with E-state index >= 15 is 0 Å². The number of hydrogen-bond acceptors (Lipinski definition) is 5. The first-order valence-electron chi connectivity index (χ1n) is 10.0. The molecule has 152 valence electrons. The van der Waals surface area contributed by atoms with Crippen molar-refractivity contribution >= 4 is 26.7 Å². The molecule has 8 heteroatoms. The van der Waals surface area contributed by atoms with E-state index in [1.165, 1.54) is 11.1 Å². The molecule has 0 unspecified atom stereocenters. The normalized spacial score (nSPS) is 19.9. The first-order valence-corrected chi connectivity index (χ1v) is 12.3. The lowest BCUT2D eigenvalue weighted by atomic mass is 9.98. The largest absolute Gasteiger partial charge is 0.361 e. The van der Waals surface area contributed by atoms with E-state index in [0.29, 0.717) is 32.1 Å². The Hall–Kier alpha value is -1.48. The van der Waals surface area contributed by atoms with E-state index in [9.17, 15) is 8.42 Å². The Morgan fingerprint density at radius 2 is 1.86 bits per heavy atom. The number of rotatable bonds is 6. The highest BCUT2D eigenvalue weighted by atomic mass is 32.2. The molecular weight excluding hydrogens is 392 g/mol. The van der Waals surface area contributed by atoms with Crippen LogP contribution in [0.3, 0.4) is 0 Å². The maximum atomic E-state index is 12.7. The molecule has 1 N–H and O–H groups in total. The predicted octanol–water partition coefficient (Wildman–Crippen LogP) is 3.58. The zero-order chi connectivity index (χ0) is 19.6. The van der Waals surface area contributed by atoms with Gasteiger partial charge in [0, 0.05) is 38.9 Å². The lowest BCUT2D eigenvalue weighted by Crippen LogP contribution is -2.46. The van der Waals surface area contributed by atoms with Gasteiger partial charge in [-0.2, -0.15) is 17.0 Å². The second-order valence-electron chi connectivity index (χ2n) is 7.74. The first kappa shape index (κ1) is 19.8. The van der Waals surface area contributed by atoms with Crippen LogP contribution in [0.1, 0.15) is 31.2 Å². The molecule has 0 amide bonds. The van der Waals surface area contributed by atoms with Crippen molar-refractivity contribution in [1.82, 2.24) is 13.6 Å². The molecule has 0 radical (unpaired) electrons. The van der Waals surface area contributed by atoms with Crippen molar-refractivity contribution in [2.75, 3.05) is 38.0 Å². The van der Waals surface area contributed by atoms with Gasteiger partial charge in [0.05, 0.1) is 4.88 Å². The van der Waals surface area contributed by atoms with Gasteiger partial charge in [-0.1, -0.05) is 41.2 Å². The quantitative estimate of drug-likeness (QED) is 0.776. The topological polar surface area (TPSA) is 65.5 Å². The average molecular weight is 421 g/mol. The molecule has 0 aliphatic carbocycles. The summed E-state index contributed by atoms with van der Waals surface area (Å²) in [6.45, 7) is 5.54. The second kappa shape index (κ2) is 8.49. The van der Waals surface area contributed by atoms with E-state index in [4.69, 9.17) is 0 Å². The SMILES string of the molecule is Cc1cccc(-c2cnc(NCC3CCN(S(=O)(=O)N4CCCC4)CC3)s2)c1. The summed E-state index contributed by atoms with van der Waals surface area (Å²) in [5, 5.41) is 4.39. The van der Waals surface area contributed by atoms with Gasteiger partial charge in [-0.05, 0) is 44.1 Å². The number of aryl methyl sites for hydroxylation is 1. The molecule has 0 atom stereocenters. The van der Waals surface area contributed by atoms with Crippen molar-refractivity contribution in [3.05, 3.63) is 36.0 Å². The summed E-state index contributed by atoms with van der Waals surface area (Å²) in [7, 11) is -3.25. The highest BCUT2D eigenvalue weighted by Gasteiger charge is 2.34. The summed E-state index contributed by atoms with van der Waals surface area (Å²) in [5.41, 5.74) is 2.45. The fourth-order valence-electron chi connectivity index (χ4n) is 3.95. The lowest BCUT2D eigenvalue weighted by Gasteiger charge is -2.33. The van der Waals surface area contributed by atoms with Crippen LogP contribution in [0.25, 0.3) is 10.4 Å². The Bertz CT molecular complexity index is 898. The molecule has 2 aliphatic heterocycles. The van der Waals surface area contributed by atoms with Crippen LogP contribution < -0.4 is 5.32 Å². The fourth-order valence-corrected chi connectivity index (χ4v) is 6.48. The molecule has 1 aromatic carbocycles. The van der Waals surface area contributed by atoms with Crippen molar-refractivity contribution in [1.29, 1.82) is 0 Å². The maximum Gasteiger partial charge on any atom is 0.281 e.